The van der Waals surface area contributed by atoms with Crippen molar-refractivity contribution in [3.8, 4) is 0 Å². The van der Waals surface area contributed by atoms with E-state index in [9.17, 15) is 26.8 Å². The van der Waals surface area contributed by atoms with Crippen molar-refractivity contribution in [3.63, 3.8) is 0 Å². The van der Waals surface area contributed by atoms with Crippen molar-refractivity contribution in [2.75, 3.05) is 39.3 Å². The Morgan fingerprint density at radius 2 is 1.79 bits per heavy atom. The van der Waals surface area contributed by atoms with E-state index in [0.717, 1.165) is 16.4 Å². The largest absolute Gasteiger partial charge is 0.369 e. The Morgan fingerprint density at radius 3 is 2.36 bits per heavy atom. The highest BCUT2D eigenvalue weighted by atomic mass is 32.2. The minimum absolute atomic E-state index is 0.180. The molecule has 1 spiro atoms. The normalized spacial score (nSPS) is 24.1. The molecular weight excluding hydrogens is 394 g/mol. The summed E-state index contributed by atoms with van der Waals surface area (Å²) in [6.45, 7) is 1.95. The predicted molar refractivity (Wildman–Crippen MR) is 93.4 cm³/mol. The number of nitrogens with zero attached hydrogens (tertiary/aromatic N) is 3. The molecule has 1 aromatic rings. The number of carbonyl (C=O) groups excluding carboxylic acids is 2. The fraction of sp³-hybridized carbons (Fsp3) is 0.529. The Morgan fingerprint density at radius 1 is 1.11 bits per heavy atom. The van der Waals surface area contributed by atoms with Crippen molar-refractivity contribution < 1.29 is 26.8 Å². The number of rotatable bonds is 3. The number of amides is 3. The second-order valence-corrected chi connectivity index (χ2v) is 9.73. The van der Waals surface area contributed by atoms with Crippen LogP contribution < -0.4 is 5.73 Å². The van der Waals surface area contributed by atoms with Crippen molar-refractivity contribution >= 4 is 22.0 Å². The monoisotopic (exact) mass is 414 g/mol. The maximum absolute atomic E-state index is 13.8. The molecule has 28 heavy (non-hydrogen) atoms. The van der Waals surface area contributed by atoms with Crippen LogP contribution >= 0.6 is 0 Å². The molecule has 11 heteroatoms. The molecule has 3 heterocycles. The van der Waals surface area contributed by atoms with E-state index >= 15 is 0 Å². The van der Waals surface area contributed by atoms with Crippen molar-refractivity contribution in [1.29, 1.82) is 0 Å². The lowest BCUT2D eigenvalue weighted by atomic mass is 9.74. The van der Waals surface area contributed by atoms with Gasteiger partial charge in [0.25, 0.3) is 0 Å². The fourth-order valence-electron chi connectivity index (χ4n) is 4.16. The van der Waals surface area contributed by atoms with Gasteiger partial charge in [0.1, 0.15) is 16.5 Å². The van der Waals surface area contributed by atoms with Gasteiger partial charge < -0.3 is 15.5 Å². The second kappa shape index (κ2) is 6.38. The third-order valence-corrected chi connectivity index (χ3v) is 7.54. The summed E-state index contributed by atoms with van der Waals surface area (Å²) in [6.07, 6.45) is 0.551. The summed E-state index contributed by atoms with van der Waals surface area (Å²) in [5.74, 6) is -2.70. The van der Waals surface area contributed by atoms with Gasteiger partial charge in [-0.3, -0.25) is 4.79 Å². The zero-order valence-corrected chi connectivity index (χ0v) is 15.8. The van der Waals surface area contributed by atoms with Crippen LogP contribution in [0.5, 0.6) is 0 Å². The summed E-state index contributed by atoms with van der Waals surface area (Å²) in [5.41, 5.74) is 4.95. The number of primary amides is 1. The summed E-state index contributed by atoms with van der Waals surface area (Å²) in [6, 6.07) is 2.19. The van der Waals surface area contributed by atoms with Crippen LogP contribution in [0.1, 0.15) is 6.42 Å². The van der Waals surface area contributed by atoms with Gasteiger partial charge in [0.15, 0.2) is 0 Å². The third-order valence-electron chi connectivity index (χ3n) is 5.72. The highest BCUT2D eigenvalue weighted by molar-refractivity contribution is 7.89. The smallest absolute Gasteiger partial charge is 0.320 e. The van der Waals surface area contributed by atoms with Crippen LogP contribution in [0.4, 0.5) is 13.6 Å². The van der Waals surface area contributed by atoms with Gasteiger partial charge in [0.2, 0.25) is 15.9 Å². The Balaban J connectivity index is 1.34. The van der Waals surface area contributed by atoms with E-state index < -0.39 is 32.5 Å². The number of urea groups is 1. The molecule has 3 amide bonds. The summed E-state index contributed by atoms with van der Waals surface area (Å²) < 4.78 is 53.1. The van der Waals surface area contributed by atoms with Crippen LogP contribution in [0.25, 0.3) is 0 Å². The molecule has 0 bridgehead atoms. The van der Waals surface area contributed by atoms with E-state index in [1.807, 2.05) is 0 Å². The lowest BCUT2D eigenvalue weighted by molar-refractivity contribution is -0.121. The molecule has 0 aliphatic carbocycles. The molecule has 0 aromatic heterocycles. The van der Waals surface area contributed by atoms with Crippen LogP contribution in [0, 0.1) is 23.0 Å². The number of hydrogen-bond donors (Lipinski definition) is 1. The van der Waals surface area contributed by atoms with Crippen molar-refractivity contribution in [2.45, 2.75) is 11.3 Å². The topological polar surface area (TPSA) is 104 Å². The Hall–Kier alpha value is -2.27. The summed E-state index contributed by atoms with van der Waals surface area (Å²) >= 11 is 0. The number of hydrogen-bond acceptors (Lipinski definition) is 4. The quantitative estimate of drug-likeness (QED) is 0.763. The average Bonchev–Trinajstić information content (AvgIpc) is 3.01. The van der Waals surface area contributed by atoms with Crippen molar-refractivity contribution in [1.82, 2.24) is 14.1 Å². The molecule has 1 atom stereocenters. The minimum Gasteiger partial charge on any atom is -0.369 e. The molecule has 0 unspecified atom stereocenters. The third kappa shape index (κ3) is 3.02. The standard InChI is InChI=1S/C17H20F2N4O4S/c18-12-1-2-14(13(19)5-12)28(26,27)23-9-17(10-23)7-22(8-17)16(25)21-4-3-11(6-21)15(20)24/h1-2,5,11H,3-4,6-10H2,(H2,20,24)/t11-/m0/s1. The van der Waals surface area contributed by atoms with E-state index in [2.05, 4.69) is 0 Å². The van der Waals surface area contributed by atoms with Gasteiger partial charge in [-0.2, -0.15) is 4.31 Å². The molecule has 0 saturated carbocycles. The van der Waals surface area contributed by atoms with Gasteiger partial charge in [-0.05, 0) is 18.6 Å². The van der Waals surface area contributed by atoms with Gasteiger partial charge in [0.05, 0.1) is 5.92 Å². The molecule has 3 aliphatic rings. The first kappa shape index (κ1) is 19.1. The first-order valence-corrected chi connectivity index (χ1v) is 10.3. The van der Waals surface area contributed by atoms with Crippen LogP contribution in [-0.4, -0.2) is 73.7 Å². The highest BCUT2D eigenvalue weighted by Gasteiger charge is 2.57. The molecule has 2 N–H and O–H groups in total. The zero-order valence-electron chi connectivity index (χ0n) is 15.0. The van der Waals surface area contributed by atoms with Gasteiger partial charge >= 0.3 is 6.03 Å². The number of nitrogens with two attached hydrogens (primary N) is 1. The first-order valence-electron chi connectivity index (χ1n) is 8.90. The molecule has 3 aliphatic heterocycles. The van der Waals surface area contributed by atoms with Gasteiger partial charge in [-0.15, -0.1) is 0 Å². The molecule has 0 radical (unpaired) electrons. The summed E-state index contributed by atoms with van der Waals surface area (Å²) in [7, 11) is -4.04. The predicted octanol–water partition coefficient (Wildman–Crippen LogP) is 0.198. The Labute approximate surface area is 160 Å². The maximum atomic E-state index is 13.8. The van der Waals surface area contributed by atoms with E-state index in [4.69, 9.17) is 5.73 Å². The molecule has 8 nitrogen and oxygen atoms in total. The molecular formula is C17H20F2N4O4S. The van der Waals surface area contributed by atoms with E-state index in [0.29, 0.717) is 38.7 Å². The maximum Gasteiger partial charge on any atom is 0.320 e. The average molecular weight is 414 g/mol. The second-order valence-electron chi connectivity index (χ2n) is 7.82. The van der Waals surface area contributed by atoms with Crippen LogP contribution in [0.15, 0.2) is 23.1 Å². The van der Waals surface area contributed by atoms with Crippen molar-refractivity contribution in [3.05, 3.63) is 29.8 Å². The Kier molecular flexibility index (Phi) is 4.34. The zero-order chi connectivity index (χ0) is 20.3. The molecule has 1 aromatic carbocycles. The number of halogens is 2. The molecule has 3 saturated heterocycles. The van der Waals surface area contributed by atoms with Crippen LogP contribution in [0.3, 0.4) is 0 Å². The summed E-state index contributed by atoms with van der Waals surface area (Å²) in [5, 5.41) is 0. The lowest BCUT2D eigenvalue weighted by Gasteiger charge is -2.59. The van der Waals surface area contributed by atoms with Crippen LogP contribution in [-0.2, 0) is 14.8 Å². The molecule has 152 valence electrons. The Bertz CT molecular complexity index is 940. The number of sulfonamides is 1. The van der Waals surface area contributed by atoms with E-state index in [1.54, 1.807) is 9.80 Å². The number of carbonyl (C=O) groups is 2. The van der Waals surface area contributed by atoms with Crippen molar-refractivity contribution in [2.24, 2.45) is 17.1 Å². The van der Waals surface area contributed by atoms with Crippen LogP contribution in [0.2, 0.25) is 0 Å². The molecule has 3 fully saturated rings. The molecule has 4 rings (SSSR count). The first-order chi connectivity index (χ1) is 13.1. The summed E-state index contributed by atoms with van der Waals surface area (Å²) in [4.78, 5) is 26.4. The SMILES string of the molecule is NC(=O)[C@H]1CCN(C(=O)N2CC3(C2)CN(S(=O)(=O)c2ccc(F)cc2F)C3)C1. The number of likely N-dealkylation sites (tertiary alicyclic amines) is 2. The minimum atomic E-state index is -4.04. The number of benzene rings is 1. The van der Waals surface area contributed by atoms with Gasteiger partial charge in [-0.25, -0.2) is 22.0 Å². The highest BCUT2D eigenvalue weighted by Crippen LogP contribution is 2.43. The van der Waals surface area contributed by atoms with E-state index in [1.165, 1.54) is 0 Å². The van der Waals surface area contributed by atoms with E-state index in [-0.39, 0.29) is 30.5 Å². The fourth-order valence-corrected chi connectivity index (χ4v) is 5.87. The van der Waals surface area contributed by atoms with Gasteiger partial charge in [0, 0.05) is 50.7 Å². The van der Waals surface area contributed by atoms with Gasteiger partial charge in [-0.1, -0.05) is 0 Å². The lowest BCUT2D eigenvalue weighted by Crippen LogP contribution is -2.74.